The molecule has 3 nitrogen and oxygen atoms in total. The topological polar surface area (TPSA) is 38.7 Å². The van der Waals surface area contributed by atoms with Gasteiger partial charge in [0.05, 0.1) is 13.5 Å². The lowest BCUT2D eigenvalue weighted by Gasteiger charge is -2.05. The van der Waals surface area contributed by atoms with Crippen molar-refractivity contribution in [2.75, 3.05) is 7.11 Å². The van der Waals surface area contributed by atoms with E-state index in [-0.39, 0.29) is 11.6 Å². The molecule has 0 bridgehead atoms. The van der Waals surface area contributed by atoms with Crippen molar-refractivity contribution in [3.8, 4) is 0 Å². The number of carbonyl (C=O) groups is 1. The molecule has 0 N–H and O–H groups in total. The molecule has 0 aromatic carbocycles. The Kier molecular flexibility index (Phi) is 7.09. The minimum absolute atomic E-state index is 0.00977. The normalized spacial score (nSPS) is 14.1. The number of nitrogens with zero attached hydrogens (tertiary/aromatic N) is 1. The van der Waals surface area contributed by atoms with E-state index in [1.54, 1.807) is 19.9 Å². The highest BCUT2D eigenvalue weighted by atomic mass is 35.5. The fourth-order valence-electron chi connectivity index (χ4n) is 0.838. The van der Waals surface area contributed by atoms with Crippen LogP contribution in [0.15, 0.2) is 26.8 Å². The van der Waals surface area contributed by atoms with Crippen molar-refractivity contribution < 1.29 is 9.53 Å². The number of allylic oxidation sites excluding steroid dienone is 2. The van der Waals surface area contributed by atoms with Crippen LogP contribution in [0, 0.1) is 0 Å². The highest BCUT2D eigenvalue weighted by Crippen LogP contribution is 2.25. The Hall–Kier alpha value is -0.800. The molecule has 0 aromatic rings. The molecule has 0 spiro atoms. The molecule has 0 saturated carbocycles. The summed E-state index contributed by atoms with van der Waals surface area (Å²) in [6.45, 7) is 3.47. The van der Waals surface area contributed by atoms with E-state index < -0.39 is 5.97 Å². The Bertz CT molecular complexity index is 319. The number of esters is 1. The number of ether oxygens (including phenoxy) is 1. The van der Waals surface area contributed by atoms with Crippen molar-refractivity contribution in [3.05, 3.63) is 21.8 Å². The molecule has 15 heavy (non-hydrogen) atoms. The van der Waals surface area contributed by atoms with Crippen LogP contribution >= 0.6 is 23.2 Å². The zero-order valence-electron chi connectivity index (χ0n) is 8.88. The average Bonchev–Trinajstić information content (AvgIpc) is 2.24. The van der Waals surface area contributed by atoms with Gasteiger partial charge in [0, 0.05) is 16.8 Å². The number of aliphatic imine (C=N–C) groups is 1. The van der Waals surface area contributed by atoms with E-state index in [1.807, 2.05) is 0 Å². The summed E-state index contributed by atoms with van der Waals surface area (Å²) in [6, 6.07) is 0. The summed E-state index contributed by atoms with van der Waals surface area (Å²) >= 11 is 11.8. The van der Waals surface area contributed by atoms with Crippen LogP contribution in [-0.4, -0.2) is 19.3 Å². The minimum Gasteiger partial charge on any atom is -0.469 e. The monoisotopic (exact) mass is 249 g/mol. The Morgan fingerprint density at radius 2 is 2.00 bits per heavy atom. The van der Waals surface area contributed by atoms with E-state index in [0.717, 1.165) is 0 Å². The maximum atomic E-state index is 11.1. The molecule has 84 valence electrons. The minimum atomic E-state index is -0.408. The number of rotatable bonds is 4. The van der Waals surface area contributed by atoms with Gasteiger partial charge in [-0.3, -0.25) is 4.79 Å². The highest BCUT2D eigenvalue weighted by Gasteiger charge is 2.13. The van der Waals surface area contributed by atoms with Gasteiger partial charge in [-0.25, -0.2) is 4.99 Å². The number of hydrogen-bond donors (Lipinski definition) is 0. The molecule has 0 unspecified atom stereocenters. The van der Waals surface area contributed by atoms with Gasteiger partial charge in [-0.05, 0) is 13.8 Å². The third kappa shape index (κ3) is 5.00. The zero-order valence-corrected chi connectivity index (χ0v) is 10.4. The molecule has 0 aliphatic carbocycles. The summed E-state index contributed by atoms with van der Waals surface area (Å²) in [7, 11) is 1.31. The van der Waals surface area contributed by atoms with Crippen molar-refractivity contribution in [2.24, 2.45) is 4.99 Å². The Labute approximate surface area is 99.4 Å². The lowest BCUT2D eigenvalue weighted by Crippen LogP contribution is -2.03. The van der Waals surface area contributed by atoms with Gasteiger partial charge in [-0.15, -0.1) is 0 Å². The molecular formula is C10H13Cl2NO2. The second kappa shape index (κ2) is 7.49. The van der Waals surface area contributed by atoms with E-state index in [4.69, 9.17) is 23.2 Å². The maximum Gasteiger partial charge on any atom is 0.310 e. The standard InChI is InChI=1S/C10H13Cl2NO2/c1-4-8(11)7(6-9(14)15-3)10(12)13-5-2/h4-5H,6H2,1-3H3/b8-4?,10-7-,13-5-. The van der Waals surface area contributed by atoms with Crippen LogP contribution < -0.4 is 0 Å². The van der Waals surface area contributed by atoms with Crippen LogP contribution in [0.2, 0.25) is 0 Å². The Morgan fingerprint density at radius 1 is 1.40 bits per heavy atom. The number of carbonyl (C=O) groups excluding carboxylic acids is 1. The molecule has 0 aliphatic heterocycles. The molecule has 0 fully saturated rings. The number of hydrogen-bond acceptors (Lipinski definition) is 3. The van der Waals surface area contributed by atoms with Gasteiger partial charge in [0.2, 0.25) is 0 Å². The summed E-state index contributed by atoms with van der Waals surface area (Å²) in [6.07, 6.45) is 3.18. The third-order valence-corrected chi connectivity index (χ3v) is 2.35. The first kappa shape index (κ1) is 14.2. The highest BCUT2D eigenvalue weighted by molar-refractivity contribution is 6.35. The lowest BCUT2D eigenvalue weighted by molar-refractivity contribution is -0.139. The first-order chi connectivity index (χ1) is 7.06. The number of methoxy groups -OCH3 is 1. The zero-order chi connectivity index (χ0) is 11.8. The van der Waals surface area contributed by atoms with Crippen LogP contribution in [0.1, 0.15) is 20.3 Å². The predicted molar refractivity (Wildman–Crippen MR) is 63.3 cm³/mol. The summed E-state index contributed by atoms with van der Waals surface area (Å²) in [5.74, 6) is -0.408. The first-order valence-corrected chi connectivity index (χ1v) is 5.08. The largest absolute Gasteiger partial charge is 0.469 e. The van der Waals surface area contributed by atoms with Crippen molar-refractivity contribution in [2.45, 2.75) is 20.3 Å². The summed E-state index contributed by atoms with van der Waals surface area (Å²) in [4.78, 5) is 15.0. The van der Waals surface area contributed by atoms with Gasteiger partial charge in [0.25, 0.3) is 0 Å². The Morgan fingerprint density at radius 3 is 2.40 bits per heavy atom. The van der Waals surface area contributed by atoms with Gasteiger partial charge in [-0.1, -0.05) is 29.3 Å². The molecule has 0 aromatic heterocycles. The molecule has 5 heteroatoms. The van der Waals surface area contributed by atoms with Gasteiger partial charge >= 0.3 is 5.97 Å². The van der Waals surface area contributed by atoms with Crippen molar-refractivity contribution in [1.29, 1.82) is 0 Å². The molecule has 0 rings (SSSR count). The first-order valence-electron chi connectivity index (χ1n) is 4.33. The molecule has 0 atom stereocenters. The molecule has 0 heterocycles. The second-order valence-corrected chi connectivity index (χ2v) is 3.31. The lowest BCUT2D eigenvalue weighted by atomic mass is 10.2. The smallest absolute Gasteiger partial charge is 0.310 e. The van der Waals surface area contributed by atoms with Crippen LogP contribution in [0.25, 0.3) is 0 Å². The molecular weight excluding hydrogens is 237 g/mol. The van der Waals surface area contributed by atoms with E-state index in [1.165, 1.54) is 13.3 Å². The van der Waals surface area contributed by atoms with E-state index >= 15 is 0 Å². The fraction of sp³-hybridized carbons (Fsp3) is 0.400. The summed E-state index contributed by atoms with van der Waals surface area (Å²) < 4.78 is 4.53. The summed E-state index contributed by atoms with van der Waals surface area (Å²) in [5, 5.41) is 0.599. The second-order valence-electron chi connectivity index (χ2n) is 2.55. The molecule has 0 amide bonds. The molecule has 0 aliphatic rings. The quantitative estimate of drug-likeness (QED) is 0.332. The summed E-state index contributed by atoms with van der Waals surface area (Å²) in [5.41, 5.74) is 0.464. The van der Waals surface area contributed by atoms with Gasteiger partial charge < -0.3 is 4.74 Å². The number of halogens is 2. The molecule has 0 saturated heterocycles. The van der Waals surface area contributed by atoms with Gasteiger partial charge in [-0.2, -0.15) is 0 Å². The van der Waals surface area contributed by atoms with Crippen LogP contribution in [0.5, 0.6) is 0 Å². The van der Waals surface area contributed by atoms with Gasteiger partial charge in [0.1, 0.15) is 5.16 Å². The van der Waals surface area contributed by atoms with Crippen molar-refractivity contribution in [3.63, 3.8) is 0 Å². The van der Waals surface area contributed by atoms with E-state index in [2.05, 4.69) is 9.73 Å². The maximum absolute atomic E-state index is 11.1. The van der Waals surface area contributed by atoms with Gasteiger partial charge in [0.15, 0.2) is 0 Å². The van der Waals surface area contributed by atoms with E-state index in [9.17, 15) is 4.79 Å². The molecule has 0 radical (unpaired) electrons. The van der Waals surface area contributed by atoms with Crippen molar-refractivity contribution >= 4 is 35.4 Å². The SMILES string of the molecule is CC=C(Cl)/C(CC(=O)OC)=C(Cl)\N=C/C. The van der Waals surface area contributed by atoms with Crippen molar-refractivity contribution in [1.82, 2.24) is 0 Å². The van der Waals surface area contributed by atoms with Crippen LogP contribution in [-0.2, 0) is 9.53 Å². The van der Waals surface area contributed by atoms with E-state index in [0.29, 0.717) is 10.6 Å². The average molecular weight is 250 g/mol. The Balaban J connectivity index is 5.06. The predicted octanol–water partition coefficient (Wildman–Crippen LogP) is 3.23. The third-order valence-electron chi connectivity index (χ3n) is 1.58. The van der Waals surface area contributed by atoms with Crippen LogP contribution in [0.3, 0.4) is 0 Å². The fourth-order valence-corrected chi connectivity index (χ4v) is 1.31. The van der Waals surface area contributed by atoms with Crippen LogP contribution in [0.4, 0.5) is 0 Å².